The van der Waals surface area contributed by atoms with Gasteiger partial charge >= 0.3 is 0 Å². The third-order valence-electron chi connectivity index (χ3n) is 5.20. The van der Waals surface area contributed by atoms with Crippen molar-refractivity contribution in [3.8, 4) is 0 Å². The van der Waals surface area contributed by atoms with Gasteiger partial charge in [0.25, 0.3) is 0 Å². The van der Waals surface area contributed by atoms with Crippen LogP contribution < -0.4 is 10.2 Å². The maximum atomic E-state index is 12.5. The van der Waals surface area contributed by atoms with Crippen LogP contribution >= 0.6 is 0 Å². The minimum absolute atomic E-state index is 0.268. The van der Waals surface area contributed by atoms with Crippen LogP contribution in [-0.4, -0.2) is 69.3 Å². The number of aryl methyl sites for hydroxylation is 2. The van der Waals surface area contributed by atoms with Crippen LogP contribution in [-0.2, 0) is 11.8 Å². The molecule has 1 N–H and O–H groups in total. The molecule has 134 valence electrons. The number of carbonyl (C=O) groups excluding carboxylic acids is 1. The van der Waals surface area contributed by atoms with Crippen molar-refractivity contribution in [1.82, 2.24) is 30.0 Å². The van der Waals surface area contributed by atoms with Crippen LogP contribution in [0.25, 0.3) is 11.0 Å². The highest BCUT2D eigenvalue weighted by molar-refractivity contribution is 5.87. The Kier molecular flexibility index (Phi) is 4.29. The summed E-state index contributed by atoms with van der Waals surface area (Å²) < 4.78 is 1.78. The van der Waals surface area contributed by atoms with E-state index in [1.165, 1.54) is 6.42 Å². The number of aromatic nitrogens is 4. The molecule has 8 nitrogen and oxygen atoms in total. The number of nitrogens with one attached hydrogen (secondary N) is 1. The second-order valence-corrected chi connectivity index (χ2v) is 6.97. The minimum atomic E-state index is 0.268. The lowest BCUT2D eigenvalue weighted by atomic mass is 10.1. The molecule has 0 aromatic carbocycles. The third-order valence-corrected chi connectivity index (χ3v) is 5.20. The van der Waals surface area contributed by atoms with E-state index in [0.717, 1.165) is 61.8 Å². The van der Waals surface area contributed by atoms with E-state index in [4.69, 9.17) is 0 Å². The number of fused-ring (bicyclic) bond motifs is 1. The zero-order valence-electron chi connectivity index (χ0n) is 14.9. The molecule has 0 aliphatic carbocycles. The van der Waals surface area contributed by atoms with E-state index in [-0.39, 0.29) is 5.91 Å². The van der Waals surface area contributed by atoms with Gasteiger partial charge in [0.1, 0.15) is 11.6 Å². The average Bonchev–Trinajstić information content (AvgIpc) is 3.25. The summed E-state index contributed by atoms with van der Waals surface area (Å²) in [5, 5.41) is 8.69. The number of hydrogen-bond donors (Lipinski definition) is 1. The summed E-state index contributed by atoms with van der Waals surface area (Å²) in [4.78, 5) is 25.9. The Bertz CT molecular complexity index is 773. The van der Waals surface area contributed by atoms with Gasteiger partial charge in [-0.15, -0.1) is 0 Å². The molecule has 2 aromatic heterocycles. The average molecular weight is 343 g/mol. The van der Waals surface area contributed by atoms with Crippen LogP contribution in [0.5, 0.6) is 0 Å². The summed E-state index contributed by atoms with van der Waals surface area (Å²) in [7, 11) is 1.90. The Hall–Kier alpha value is -2.22. The van der Waals surface area contributed by atoms with Crippen LogP contribution in [0.4, 0.5) is 5.82 Å². The predicted octanol–water partition coefficient (Wildman–Crippen LogP) is 0.462. The van der Waals surface area contributed by atoms with Gasteiger partial charge in [0.15, 0.2) is 5.65 Å². The number of amides is 1. The lowest BCUT2D eigenvalue weighted by molar-refractivity contribution is -0.131. The van der Waals surface area contributed by atoms with Gasteiger partial charge in [0, 0.05) is 45.7 Å². The van der Waals surface area contributed by atoms with E-state index in [1.54, 1.807) is 4.68 Å². The molecular weight excluding hydrogens is 318 g/mol. The molecule has 0 bridgehead atoms. The molecule has 8 heteroatoms. The van der Waals surface area contributed by atoms with E-state index in [9.17, 15) is 4.79 Å². The Labute approximate surface area is 147 Å². The highest BCUT2D eigenvalue weighted by atomic mass is 16.2. The first kappa shape index (κ1) is 16.3. The lowest BCUT2D eigenvalue weighted by Crippen LogP contribution is -2.50. The van der Waals surface area contributed by atoms with Gasteiger partial charge in [-0.05, 0) is 26.3 Å². The number of anilines is 1. The van der Waals surface area contributed by atoms with E-state index < -0.39 is 0 Å². The summed E-state index contributed by atoms with van der Waals surface area (Å²) in [5.74, 6) is 1.95. The molecule has 1 unspecified atom stereocenters. The van der Waals surface area contributed by atoms with Crippen LogP contribution in [0.15, 0.2) is 6.20 Å². The van der Waals surface area contributed by atoms with Crippen molar-refractivity contribution in [2.75, 3.05) is 37.6 Å². The van der Waals surface area contributed by atoms with Crippen molar-refractivity contribution < 1.29 is 4.79 Å². The third kappa shape index (κ3) is 3.18. The van der Waals surface area contributed by atoms with Gasteiger partial charge in [-0.25, -0.2) is 9.97 Å². The first-order chi connectivity index (χ1) is 12.1. The number of hydrogen-bond acceptors (Lipinski definition) is 6. The predicted molar refractivity (Wildman–Crippen MR) is 95.5 cm³/mol. The van der Waals surface area contributed by atoms with E-state index >= 15 is 0 Å². The molecule has 1 atom stereocenters. The summed E-state index contributed by atoms with van der Waals surface area (Å²) >= 11 is 0. The molecule has 0 saturated carbocycles. The van der Waals surface area contributed by atoms with Crippen molar-refractivity contribution >= 4 is 22.8 Å². The van der Waals surface area contributed by atoms with Gasteiger partial charge in [0.2, 0.25) is 5.91 Å². The monoisotopic (exact) mass is 343 g/mol. The van der Waals surface area contributed by atoms with Gasteiger partial charge in [-0.3, -0.25) is 9.48 Å². The Morgan fingerprint density at radius 2 is 2.08 bits per heavy atom. The summed E-state index contributed by atoms with van der Waals surface area (Å²) in [6.45, 7) is 6.03. The maximum absolute atomic E-state index is 12.5. The first-order valence-corrected chi connectivity index (χ1v) is 9.04. The summed E-state index contributed by atoms with van der Waals surface area (Å²) in [5.41, 5.74) is 0.855. The van der Waals surface area contributed by atoms with Crippen LogP contribution in [0.1, 0.15) is 25.1 Å². The van der Waals surface area contributed by atoms with Crippen molar-refractivity contribution in [2.24, 2.45) is 7.05 Å². The topological polar surface area (TPSA) is 79.2 Å². The van der Waals surface area contributed by atoms with Crippen molar-refractivity contribution in [2.45, 2.75) is 32.2 Å². The highest BCUT2D eigenvalue weighted by Gasteiger charge is 2.26. The number of rotatable bonds is 3. The smallest absolute Gasteiger partial charge is 0.224 e. The van der Waals surface area contributed by atoms with Crippen molar-refractivity contribution in [1.29, 1.82) is 0 Å². The maximum Gasteiger partial charge on any atom is 0.224 e. The molecule has 4 rings (SSSR count). The minimum Gasteiger partial charge on any atom is -0.352 e. The summed E-state index contributed by atoms with van der Waals surface area (Å²) in [6.07, 6.45) is 4.75. The van der Waals surface area contributed by atoms with E-state index in [1.807, 2.05) is 25.1 Å². The van der Waals surface area contributed by atoms with Gasteiger partial charge in [-0.1, -0.05) is 0 Å². The largest absolute Gasteiger partial charge is 0.352 e. The van der Waals surface area contributed by atoms with Crippen LogP contribution in [0.3, 0.4) is 0 Å². The van der Waals surface area contributed by atoms with E-state index in [2.05, 4.69) is 25.3 Å². The molecule has 2 aliphatic heterocycles. The zero-order chi connectivity index (χ0) is 17.4. The number of carbonyl (C=O) groups is 1. The summed E-state index contributed by atoms with van der Waals surface area (Å²) in [6, 6.07) is 0.366. The molecule has 2 saturated heterocycles. The molecular formula is C17H25N7O. The van der Waals surface area contributed by atoms with Crippen molar-refractivity contribution in [3.05, 3.63) is 12.0 Å². The molecule has 2 aliphatic rings. The van der Waals surface area contributed by atoms with Crippen molar-refractivity contribution in [3.63, 3.8) is 0 Å². The lowest BCUT2D eigenvalue weighted by Gasteiger charge is -2.36. The SMILES string of the molecule is Cc1nc(N2CCN(C(=O)CC3CCCN3)CC2)c2cnn(C)c2n1. The molecule has 25 heavy (non-hydrogen) atoms. The molecule has 2 aromatic rings. The fourth-order valence-electron chi connectivity index (χ4n) is 3.79. The highest BCUT2D eigenvalue weighted by Crippen LogP contribution is 2.24. The normalized spacial score (nSPS) is 21.3. The second kappa shape index (κ2) is 6.59. The van der Waals surface area contributed by atoms with E-state index in [0.29, 0.717) is 12.5 Å². The first-order valence-electron chi connectivity index (χ1n) is 9.04. The quantitative estimate of drug-likeness (QED) is 0.872. The van der Waals surface area contributed by atoms with Crippen LogP contribution in [0, 0.1) is 6.92 Å². The molecule has 0 radical (unpaired) electrons. The van der Waals surface area contributed by atoms with Gasteiger partial charge < -0.3 is 15.1 Å². The number of piperazine rings is 1. The molecule has 2 fully saturated rings. The Morgan fingerprint density at radius 3 is 2.80 bits per heavy atom. The Morgan fingerprint density at radius 1 is 1.28 bits per heavy atom. The Balaban J connectivity index is 1.44. The van der Waals surface area contributed by atoms with Gasteiger partial charge in [-0.2, -0.15) is 5.10 Å². The fraction of sp³-hybridized carbons (Fsp3) is 0.647. The standard InChI is InChI=1S/C17H25N7O/c1-12-20-16-14(11-19-22(16)2)17(21-12)24-8-6-23(7-9-24)15(25)10-13-4-3-5-18-13/h11,13,18H,3-10H2,1-2H3. The molecule has 0 spiro atoms. The second-order valence-electron chi connectivity index (χ2n) is 6.97. The molecule has 4 heterocycles. The van der Waals surface area contributed by atoms with Gasteiger partial charge in [0.05, 0.1) is 11.6 Å². The zero-order valence-corrected chi connectivity index (χ0v) is 14.9. The molecule has 1 amide bonds. The number of nitrogens with zero attached hydrogens (tertiary/aromatic N) is 6. The van der Waals surface area contributed by atoms with Crippen LogP contribution in [0.2, 0.25) is 0 Å². The fourth-order valence-corrected chi connectivity index (χ4v) is 3.79.